The second-order valence-corrected chi connectivity index (χ2v) is 8.00. The molecule has 0 bridgehead atoms. The Kier molecular flexibility index (Phi) is 3.18. The van der Waals surface area contributed by atoms with Gasteiger partial charge in [0.05, 0.1) is 11.5 Å². The first kappa shape index (κ1) is 15.1. The Bertz CT molecular complexity index is 966. The van der Waals surface area contributed by atoms with E-state index < -0.39 is 17.2 Å². The van der Waals surface area contributed by atoms with E-state index in [-0.39, 0.29) is 17.1 Å². The number of rotatable bonds is 1. The van der Waals surface area contributed by atoms with E-state index in [0.717, 1.165) is 10.6 Å². The summed E-state index contributed by atoms with van der Waals surface area (Å²) >= 11 is 1.51. The first-order valence-corrected chi connectivity index (χ1v) is 8.66. The van der Waals surface area contributed by atoms with Gasteiger partial charge in [0.25, 0.3) is 5.56 Å². The zero-order valence-corrected chi connectivity index (χ0v) is 14.1. The molecule has 4 rings (SSSR count). The van der Waals surface area contributed by atoms with Crippen molar-refractivity contribution in [2.24, 2.45) is 11.3 Å². The molecular formula is C17H17N3O3S. The van der Waals surface area contributed by atoms with E-state index in [4.69, 9.17) is 0 Å². The molecule has 0 saturated heterocycles. The highest BCUT2D eigenvalue weighted by Gasteiger charge is 2.45. The van der Waals surface area contributed by atoms with Crippen LogP contribution in [0.1, 0.15) is 36.6 Å². The number of Topliss-reactive ketones (excluding diaryl/α,β-unsaturated/α-hetero) is 1. The molecule has 2 aromatic rings. The Hall–Kier alpha value is -2.41. The minimum atomic E-state index is -0.559. The van der Waals surface area contributed by atoms with Crippen LogP contribution < -0.4 is 16.6 Å². The number of H-pyrrole nitrogens is 2. The molecular weight excluding hydrogens is 326 g/mol. The number of thiophene rings is 1. The Labute approximate surface area is 141 Å². The number of carbonyl (C=O) groups is 1. The summed E-state index contributed by atoms with van der Waals surface area (Å²) in [7, 11) is 0. The van der Waals surface area contributed by atoms with Gasteiger partial charge in [0.15, 0.2) is 0 Å². The summed E-state index contributed by atoms with van der Waals surface area (Å²) in [5.41, 5.74) is -0.0711. The van der Waals surface area contributed by atoms with Crippen molar-refractivity contribution in [3.05, 3.63) is 60.6 Å². The molecule has 0 radical (unpaired) electrons. The second kappa shape index (κ2) is 5.04. The minimum absolute atomic E-state index is 0.111. The van der Waals surface area contributed by atoms with Crippen LogP contribution in [0.25, 0.3) is 0 Å². The third-order valence-corrected chi connectivity index (χ3v) is 5.56. The number of hydrogen-bond acceptors (Lipinski definition) is 5. The van der Waals surface area contributed by atoms with Crippen LogP contribution in [0.3, 0.4) is 0 Å². The van der Waals surface area contributed by atoms with E-state index in [2.05, 4.69) is 15.3 Å². The van der Waals surface area contributed by atoms with Crippen molar-refractivity contribution >= 4 is 22.9 Å². The maximum Gasteiger partial charge on any atom is 0.327 e. The standard InChI is InChI=1S/C17H17N3O3S/c1-17(2)6-8-11(9(21)7-17)12(10-4-3-5-24-10)13-14(18-8)19-16(23)20-15(13)22/h3-6,11-12H,7H2,1-2H3,(H3,18,19,20,22,23). The molecule has 0 saturated carbocycles. The predicted molar refractivity (Wildman–Crippen MR) is 92.4 cm³/mol. The van der Waals surface area contributed by atoms with E-state index in [9.17, 15) is 14.4 Å². The van der Waals surface area contributed by atoms with Crippen LogP contribution in [0, 0.1) is 11.3 Å². The van der Waals surface area contributed by atoms with Gasteiger partial charge in [0.1, 0.15) is 11.6 Å². The van der Waals surface area contributed by atoms with Gasteiger partial charge in [0.2, 0.25) is 0 Å². The normalized spacial score (nSPS) is 24.6. The summed E-state index contributed by atoms with van der Waals surface area (Å²) in [6.45, 7) is 4.01. The number of carbonyl (C=O) groups excluding carboxylic acids is 1. The summed E-state index contributed by atoms with van der Waals surface area (Å²) in [5.74, 6) is -0.303. The van der Waals surface area contributed by atoms with Gasteiger partial charge >= 0.3 is 5.69 Å². The van der Waals surface area contributed by atoms with Crippen molar-refractivity contribution in [2.45, 2.75) is 26.2 Å². The monoisotopic (exact) mass is 343 g/mol. The molecule has 2 aliphatic rings. The number of ketones is 1. The van der Waals surface area contributed by atoms with Crippen molar-refractivity contribution < 1.29 is 4.79 Å². The summed E-state index contributed by atoms with van der Waals surface area (Å²) in [5, 5.41) is 5.06. The van der Waals surface area contributed by atoms with Gasteiger partial charge in [-0.05, 0) is 16.9 Å². The predicted octanol–water partition coefficient (Wildman–Crippen LogP) is 2.18. The molecule has 3 N–H and O–H groups in total. The van der Waals surface area contributed by atoms with Crippen LogP contribution in [-0.2, 0) is 4.79 Å². The fourth-order valence-corrected chi connectivity index (χ4v) is 4.62. The molecule has 2 aromatic heterocycles. The number of allylic oxidation sites excluding steroid dienone is 2. The SMILES string of the molecule is CC1(C)C=C2Nc3[nH]c(=O)[nH]c(=O)c3C(c3cccs3)C2C(=O)C1. The summed E-state index contributed by atoms with van der Waals surface area (Å²) in [6.07, 6.45) is 2.48. The van der Waals surface area contributed by atoms with Gasteiger partial charge in [-0.1, -0.05) is 26.0 Å². The zero-order valence-electron chi connectivity index (χ0n) is 13.3. The van der Waals surface area contributed by atoms with E-state index >= 15 is 0 Å². The Morgan fingerprint density at radius 2 is 1.96 bits per heavy atom. The lowest BCUT2D eigenvalue weighted by atomic mass is 9.68. The maximum atomic E-state index is 12.9. The van der Waals surface area contributed by atoms with E-state index in [0.29, 0.717) is 17.8 Å². The molecule has 6 nitrogen and oxygen atoms in total. The van der Waals surface area contributed by atoms with E-state index in [1.165, 1.54) is 11.3 Å². The summed E-state index contributed by atoms with van der Waals surface area (Å²) < 4.78 is 0. The zero-order chi connectivity index (χ0) is 17.1. The van der Waals surface area contributed by atoms with E-state index in [1.54, 1.807) is 0 Å². The van der Waals surface area contributed by atoms with Crippen LogP contribution >= 0.6 is 11.3 Å². The second-order valence-electron chi connectivity index (χ2n) is 7.02. The Morgan fingerprint density at radius 1 is 1.17 bits per heavy atom. The molecule has 2 unspecified atom stereocenters. The van der Waals surface area contributed by atoms with Gasteiger partial charge in [0, 0.05) is 22.9 Å². The molecule has 0 amide bonds. The first-order valence-electron chi connectivity index (χ1n) is 7.78. The Morgan fingerprint density at radius 3 is 2.67 bits per heavy atom. The topological polar surface area (TPSA) is 94.8 Å². The molecule has 1 aliphatic carbocycles. The smallest absolute Gasteiger partial charge is 0.327 e. The van der Waals surface area contributed by atoms with Crippen LogP contribution in [0.15, 0.2) is 38.9 Å². The van der Waals surface area contributed by atoms with Crippen LogP contribution in [-0.4, -0.2) is 15.8 Å². The molecule has 0 spiro atoms. The highest BCUT2D eigenvalue weighted by molar-refractivity contribution is 7.10. The lowest BCUT2D eigenvalue weighted by Crippen LogP contribution is -2.43. The van der Waals surface area contributed by atoms with Crippen molar-refractivity contribution in [1.29, 1.82) is 0 Å². The van der Waals surface area contributed by atoms with Crippen molar-refractivity contribution in [3.8, 4) is 0 Å². The van der Waals surface area contributed by atoms with Gasteiger partial charge < -0.3 is 5.32 Å². The molecule has 7 heteroatoms. The molecule has 2 atom stereocenters. The summed E-state index contributed by atoms with van der Waals surface area (Å²) in [6, 6.07) is 3.84. The first-order chi connectivity index (χ1) is 11.4. The third kappa shape index (κ3) is 2.27. The van der Waals surface area contributed by atoms with Crippen molar-refractivity contribution in [1.82, 2.24) is 9.97 Å². The fourth-order valence-electron chi connectivity index (χ4n) is 3.75. The minimum Gasteiger partial charge on any atom is -0.344 e. The molecule has 3 heterocycles. The Balaban J connectivity index is 2.01. The van der Waals surface area contributed by atoms with Gasteiger partial charge in [-0.25, -0.2) is 4.79 Å². The summed E-state index contributed by atoms with van der Waals surface area (Å²) in [4.78, 5) is 42.9. The average molecular weight is 343 g/mol. The molecule has 0 fully saturated rings. The number of nitrogens with one attached hydrogen (secondary N) is 3. The van der Waals surface area contributed by atoms with Crippen LogP contribution in [0.5, 0.6) is 0 Å². The largest absolute Gasteiger partial charge is 0.344 e. The van der Waals surface area contributed by atoms with Gasteiger partial charge in [-0.3, -0.25) is 19.6 Å². The van der Waals surface area contributed by atoms with Crippen molar-refractivity contribution in [2.75, 3.05) is 5.32 Å². The van der Waals surface area contributed by atoms with E-state index in [1.807, 2.05) is 37.4 Å². The lowest BCUT2D eigenvalue weighted by molar-refractivity contribution is -0.124. The van der Waals surface area contributed by atoms with Gasteiger partial charge in [-0.15, -0.1) is 11.3 Å². The molecule has 124 valence electrons. The molecule has 1 aliphatic heterocycles. The quantitative estimate of drug-likeness (QED) is 0.740. The number of hydrogen-bond donors (Lipinski definition) is 3. The van der Waals surface area contributed by atoms with Crippen LogP contribution in [0.2, 0.25) is 0 Å². The lowest BCUT2D eigenvalue weighted by Gasteiger charge is -2.40. The average Bonchev–Trinajstić information content (AvgIpc) is 2.96. The number of aromatic amines is 2. The number of fused-ring (bicyclic) bond motifs is 2. The van der Waals surface area contributed by atoms with Crippen LogP contribution in [0.4, 0.5) is 5.82 Å². The number of aromatic nitrogens is 2. The van der Waals surface area contributed by atoms with Crippen molar-refractivity contribution in [3.63, 3.8) is 0 Å². The molecule has 0 aromatic carbocycles. The van der Waals surface area contributed by atoms with Gasteiger partial charge in [-0.2, -0.15) is 0 Å². The fraction of sp³-hybridized carbons (Fsp3) is 0.353. The highest BCUT2D eigenvalue weighted by Crippen LogP contribution is 2.48. The third-order valence-electron chi connectivity index (χ3n) is 4.60. The molecule has 24 heavy (non-hydrogen) atoms. The highest BCUT2D eigenvalue weighted by atomic mass is 32.1. The maximum absolute atomic E-state index is 12.9. The number of anilines is 1.